The van der Waals surface area contributed by atoms with E-state index in [-0.39, 0.29) is 12.5 Å². The molecule has 1 amide bonds. The number of amides is 1. The van der Waals surface area contributed by atoms with E-state index in [2.05, 4.69) is 19.2 Å². The van der Waals surface area contributed by atoms with Crippen LogP contribution in [0, 0.1) is 0 Å². The molecule has 0 aliphatic heterocycles. The van der Waals surface area contributed by atoms with Crippen molar-refractivity contribution in [2.24, 2.45) is 0 Å². The molecule has 0 saturated carbocycles. The summed E-state index contributed by atoms with van der Waals surface area (Å²) in [6.45, 7) is 4.22. The van der Waals surface area contributed by atoms with Gasteiger partial charge in [-0.05, 0) is 12.8 Å². The van der Waals surface area contributed by atoms with Gasteiger partial charge in [-0.1, -0.05) is 277 Å². The predicted octanol–water partition coefficient (Wildman–Crippen LogP) is 15.4. The van der Waals surface area contributed by atoms with E-state index < -0.39 is 18.2 Å². The van der Waals surface area contributed by atoms with Crippen LogP contribution in [0.25, 0.3) is 0 Å². The van der Waals surface area contributed by atoms with Gasteiger partial charge in [-0.2, -0.15) is 0 Å². The minimum Gasteiger partial charge on any atom is -0.394 e. The third-order valence-corrected chi connectivity index (χ3v) is 12.5. The first-order chi connectivity index (χ1) is 27.6. The van der Waals surface area contributed by atoms with Crippen LogP contribution in [0.5, 0.6) is 0 Å². The van der Waals surface area contributed by atoms with Gasteiger partial charge in [0.15, 0.2) is 0 Å². The van der Waals surface area contributed by atoms with Gasteiger partial charge in [0.05, 0.1) is 18.8 Å². The van der Waals surface area contributed by atoms with Crippen LogP contribution >= 0.6 is 0 Å². The molecule has 336 valence electrons. The summed E-state index contributed by atoms with van der Waals surface area (Å²) in [6.07, 6.45) is 55.2. The number of carbonyl (C=O) groups excluding carboxylic acids is 1. The first kappa shape index (κ1) is 55.4. The van der Waals surface area contributed by atoms with Gasteiger partial charge in [0.25, 0.3) is 0 Å². The molecular formula is C51H103NO4. The lowest BCUT2D eigenvalue weighted by atomic mass is 9.99. The van der Waals surface area contributed by atoms with Crippen LogP contribution in [0.4, 0.5) is 0 Å². The number of hydrogen-bond acceptors (Lipinski definition) is 4. The molecule has 56 heavy (non-hydrogen) atoms. The molecule has 0 spiro atoms. The standard InChI is InChI=1S/C51H103NO4/c1-3-5-7-9-11-13-15-17-19-21-23-25-27-29-31-33-35-37-39-41-43-45-49(54)51(56)48(47-53)52-50(55)46-44-42-40-38-36-34-32-30-28-26-24-22-20-18-16-14-12-10-8-6-4-2/h48-49,51,53-54,56H,3-47H2,1-2H3,(H,52,55). The van der Waals surface area contributed by atoms with Gasteiger partial charge < -0.3 is 20.6 Å². The van der Waals surface area contributed by atoms with Gasteiger partial charge in [-0.15, -0.1) is 0 Å². The summed E-state index contributed by atoms with van der Waals surface area (Å²) in [5.74, 6) is -0.137. The molecular weight excluding hydrogens is 691 g/mol. The summed E-state index contributed by atoms with van der Waals surface area (Å²) in [5, 5.41) is 33.7. The van der Waals surface area contributed by atoms with E-state index in [9.17, 15) is 20.1 Å². The molecule has 4 N–H and O–H groups in total. The predicted molar refractivity (Wildman–Crippen MR) is 246 cm³/mol. The number of nitrogens with one attached hydrogen (secondary N) is 1. The summed E-state index contributed by atoms with van der Waals surface area (Å²) >= 11 is 0. The minimum atomic E-state index is -1.13. The monoisotopic (exact) mass is 794 g/mol. The van der Waals surface area contributed by atoms with E-state index in [1.165, 1.54) is 238 Å². The quantitative estimate of drug-likeness (QED) is 0.0462. The van der Waals surface area contributed by atoms with Crippen LogP contribution in [0.2, 0.25) is 0 Å². The first-order valence-electron chi connectivity index (χ1n) is 25.8. The van der Waals surface area contributed by atoms with Gasteiger partial charge in [0.2, 0.25) is 5.91 Å². The summed E-state index contributed by atoms with van der Waals surface area (Å²) < 4.78 is 0. The fourth-order valence-corrected chi connectivity index (χ4v) is 8.46. The van der Waals surface area contributed by atoms with Crippen LogP contribution in [0.3, 0.4) is 0 Å². The van der Waals surface area contributed by atoms with Crippen molar-refractivity contribution in [3.05, 3.63) is 0 Å². The molecule has 0 bridgehead atoms. The summed E-state index contributed by atoms with van der Waals surface area (Å²) in [5.41, 5.74) is 0. The lowest BCUT2D eigenvalue weighted by Gasteiger charge is -2.26. The molecule has 5 heteroatoms. The maximum absolute atomic E-state index is 12.5. The van der Waals surface area contributed by atoms with E-state index in [4.69, 9.17) is 0 Å². The Balaban J connectivity index is 3.53. The van der Waals surface area contributed by atoms with E-state index in [1.807, 2.05) is 0 Å². The molecule has 3 atom stereocenters. The van der Waals surface area contributed by atoms with Crippen LogP contribution < -0.4 is 5.32 Å². The van der Waals surface area contributed by atoms with Crippen LogP contribution in [-0.2, 0) is 4.79 Å². The lowest BCUT2D eigenvalue weighted by Crippen LogP contribution is -2.50. The van der Waals surface area contributed by atoms with Gasteiger partial charge >= 0.3 is 0 Å². The van der Waals surface area contributed by atoms with Gasteiger partial charge in [0, 0.05) is 6.42 Å². The lowest BCUT2D eigenvalue weighted by molar-refractivity contribution is -0.124. The molecule has 0 aliphatic rings. The Morgan fingerprint density at radius 2 is 0.607 bits per heavy atom. The molecule has 0 aliphatic carbocycles. The largest absolute Gasteiger partial charge is 0.394 e. The Hall–Kier alpha value is -0.650. The molecule has 0 aromatic rings. The zero-order valence-electron chi connectivity index (χ0n) is 38.3. The molecule has 0 aromatic heterocycles. The van der Waals surface area contributed by atoms with Gasteiger partial charge in [0.1, 0.15) is 6.10 Å². The summed E-state index contributed by atoms with van der Waals surface area (Å²) in [7, 11) is 0. The fraction of sp³-hybridized carbons (Fsp3) is 0.980. The number of rotatable bonds is 48. The van der Waals surface area contributed by atoms with Crippen molar-refractivity contribution in [2.45, 2.75) is 315 Å². The van der Waals surface area contributed by atoms with E-state index in [0.29, 0.717) is 12.8 Å². The first-order valence-corrected chi connectivity index (χ1v) is 25.8. The Labute approximate surface area is 351 Å². The second-order valence-corrected chi connectivity index (χ2v) is 18.1. The molecule has 0 aromatic carbocycles. The molecule has 0 radical (unpaired) electrons. The van der Waals surface area contributed by atoms with Crippen LogP contribution in [-0.4, -0.2) is 46.1 Å². The minimum absolute atomic E-state index is 0.137. The number of hydrogen-bond donors (Lipinski definition) is 4. The van der Waals surface area contributed by atoms with Crippen LogP contribution in [0.15, 0.2) is 0 Å². The second kappa shape index (κ2) is 47.0. The number of carbonyl (C=O) groups is 1. The highest BCUT2D eigenvalue weighted by atomic mass is 16.3. The van der Waals surface area contributed by atoms with Crippen molar-refractivity contribution in [1.82, 2.24) is 5.32 Å². The highest BCUT2D eigenvalue weighted by Crippen LogP contribution is 2.18. The molecule has 5 nitrogen and oxygen atoms in total. The maximum Gasteiger partial charge on any atom is 0.220 e. The zero-order valence-corrected chi connectivity index (χ0v) is 38.3. The van der Waals surface area contributed by atoms with Crippen molar-refractivity contribution in [2.75, 3.05) is 6.61 Å². The molecule has 0 heterocycles. The smallest absolute Gasteiger partial charge is 0.220 e. The highest BCUT2D eigenvalue weighted by Gasteiger charge is 2.26. The Morgan fingerprint density at radius 1 is 0.375 bits per heavy atom. The van der Waals surface area contributed by atoms with Gasteiger partial charge in [-0.25, -0.2) is 0 Å². The van der Waals surface area contributed by atoms with Crippen molar-refractivity contribution < 1.29 is 20.1 Å². The zero-order chi connectivity index (χ0) is 40.8. The maximum atomic E-state index is 12.5. The van der Waals surface area contributed by atoms with Crippen molar-refractivity contribution >= 4 is 5.91 Å². The Bertz CT molecular complexity index is 747. The normalized spacial score (nSPS) is 13.3. The molecule has 0 saturated heterocycles. The average molecular weight is 794 g/mol. The molecule has 0 fully saturated rings. The fourth-order valence-electron chi connectivity index (χ4n) is 8.46. The number of aliphatic hydroxyl groups is 3. The van der Waals surface area contributed by atoms with E-state index in [1.54, 1.807) is 0 Å². The van der Waals surface area contributed by atoms with Crippen LogP contribution in [0.1, 0.15) is 296 Å². The number of unbranched alkanes of at least 4 members (excludes halogenated alkanes) is 40. The van der Waals surface area contributed by atoms with E-state index in [0.717, 1.165) is 32.1 Å². The molecule has 0 rings (SSSR count). The third kappa shape index (κ3) is 41.5. The second-order valence-electron chi connectivity index (χ2n) is 18.1. The van der Waals surface area contributed by atoms with Crippen molar-refractivity contribution in [3.63, 3.8) is 0 Å². The van der Waals surface area contributed by atoms with Gasteiger partial charge in [-0.3, -0.25) is 4.79 Å². The summed E-state index contributed by atoms with van der Waals surface area (Å²) in [4.78, 5) is 12.5. The molecule has 3 unspecified atom stereocenters. The average Bonchev–Trinajstić information content (AvgIpc) is 3.20. The summed E-state index contributed by atoms with van der Waals surface area (Å²) in [6, 6.07) is -0.803. The van der Waals surface area contributed by atoms with Crippen molar-refractivity contribution in [1.29, 1.82) is 0 Å². The van der Waals surface area contributed by atoms with Crippen molar-refractivity contribution in [3.8, 4) is 0 Å². The Morgan fingerprint density at radius 3 is 0.857 bits per heavy atom. The number of aliphatic hydroxyl groups excluding tert-OH is 3. The van der Waals surface area contributed by atoms with E-state index >= 15 is 0 Å². The third-order valence-electron chi connectivity index (χ3n) is 12.5. The topological polar surface area (TPSA) is 89.8 Å². The Kier molecular flexibility index (Phi) is 46.5. The highest BCUT2D eigenvalue weighted by molar-refractivity contribution is 5.76. The SMILES string of the molecule is CCCCCCCCCCCCCCCCCCCCCCCC(=O)NC(CO)C(O)C(O)CCCCCCCCCCCCCCCCCCCCCCC.